The Kier molecular flexibility index (Phi) is 4.93. The van der Waals surface area contributed by atoms with Gasteiger partial charge in [-0.25, -0.2) is 9.37 Å². The number of likely N-dealkylation sites (tertiary alicyclic amines) is 1. The average Bonchev–Trinajstić information content (AvgIpc) is 3.17. The molecule has 1 aromatic heterocycles. The third-order valence-corrected chi connectivity index (χ3v) is 4.45. The van der Waals surface area contributed by atoms with Crippen molar-refractivity contribution < 1.29 is 8.81 Å². The van der Waals surface area contributed by atoms with Gasteiger partial charge in [-0.2, -0.15) is 5.26 Å². The van der Waals surface area contributed by atoms with E-state index in [4.69, 9.17) is 9.68 Å². The molecule has 0 saturated carbocycles. The van der Waals surface area contributed by atoms with Gasteiger partial charge in [-0.15, -0.1) is 0 Å². The zero-order valence-corrected chi connectivity index (χ0v) is 14.0. The zero-order valence-electron chi connectivity index (χ0n) is 14.0. The van der Waals surface area contributed by atoms with Crippen LogP contribution in [0.3, 0.4) is 0 Å². The van der Waals surface area contributed by atoms with Gasteiger partial charge >= 0.3 is 0 Å². The fourth-order valence-corrected chi connectivity index (χ4v) is 3.14. The fraction of sp³-hybridized carbons (Fsp3) is 0.444. The van der Waals surface area contributed by atoms with E-state index in [0.29, 0.717) is 36.1 Å². The van der Waals surface area contributed by atoms with Crippen LogP contribution >= 0.6 is 0 Å². The molecule has 1 fully saturated rings. The van der Waals surface area contributed by atoms with Crippen molar-refractivity contribution in [3.63, 3.8) is 0 Å². The number of nitrogens with zero attached hydrogens (tertiary/aromatic N) is 4. The Labute approximate surface area is 141 Å². The summed E-state index contributed by atoms with van der Waals surface area (Å²) in [5.41, 5.74) is 0.929. The van der Waals surface area contributed by atoms with E-state index in [-0.39, 0.29) is 5.82 Å². The van der Waals surface area contributed by atoms with Crippen LogP contribution in [0.1, 0.15) is 29.2 Å². The highest BCUT2D eigenvalue weighted by molar-refractivity contribution is 5.32. The first-order valence-electron chi connectivity index (χ1n) is 8.07. The van der Waals surface area contributed by atoms with E-state index in [1.165, 1.54) is 6.07 Å². The smallest absolute Gasteiger partial charge is 0.208 e. The lowest BCUT2D eigenvalue weighted by atomic mass is 10.1. The molecule has 6 heteroatoms. The molecule has 1 aliphatic heterocycles. The van der Waals surface area contributed by atoms with Crippen LogP contribution in [0.5, 0.6) is 0 Å². The number of likely N-dealkylation sites (N-methyl/N-ethyl adjacent to an activating group) is 1. The topological polar surface area (TPSA) is 56.3 Å². The van der Waals surface area contributed by atoms with E-state index < -0.39 is 0 Å². The summed E-state index contributed by atoms with van der Waals surface area (Å²) >= 11 is 0. The van der Waals surface area contributed by atoms with Crippen LogP contribution in [0.25, 0.3) is 0 Å². The molecule has 1 saturated heterocycles. The molecule has 3 rings (SSSR count). The van der Waals surface area contributed by atoms with Crippen molar-refractivity contribution in [2.75, 3.05) is 20.1 Å². The minimum absolute atomic E-state index is 0.331. The Bertz CT molecular complexity index is 752. The molecule has 0 unspecified atom stereocenters. The Morgan fingerprint density at radius 1 is 1.46 bits per heavy atom. The summed E-state index contributed by atoms with van der Waals surface area (Å²) in [5.74, 6) is 1.09. The lowest BCUT2D eigenvalue weighted by Crippen LogP contribution is -2.36. The molecule has 0 aliphatic carbocycles. The number of oxazole rings is 1. The van der Waals surface area contributed by atoms with Crippen LogP contribution in [0.15, 0.2) is 28.8 Å². The molecule has 2 aromatic rings. The maximum atomic E-state index is 14.3. The summed E-state index contributed by atoms with van der Waals surface area (Å²) in [4.78, 5) is 8.76. The first-order chi connectivity index (χ1) is 11.5. The first kappa shape index (κ1) is 16.6. The molecule has 1 aliphatic rings. The van der Waals surface area contributed by atoms with Gasteiger partial charge in [0.15, 0.2) is 0 Å². The highest BCUT2D eigenvalue weighted by Gasteiger charge is 2.27. The quantitative estimate of drug-likeness (QED) is 0.845. The maximum Gasteiger partial charge on any atom is 0.208 e. The number of benzene rings is 1. The van der Waals surface area contributed by atoms with Crippen LogP contribution < -0.4 is 0 Å². The maximum absolute atomic E-state index is 14.3. The molecule has 1 aromatic carbocycles. The summed E-state index contributed by atoms with van der Waals surface area (Å²) in [7, 11) is 2.09. The molecule has 1 atom stereocenters. The number of nitriles is 1. The van der Waals surface area contributed by atoms with Crippen molar-refractivity contribution in [1.29, 1.82) is 5.26 Å². The first-order valence-corrected chi connectivity index (χ1v) is 8.07. The molecular formula is C18H21FN4O. The number of aryl methyl sites for hydroxylation is 1. The van der Waals surface area contributed by atoms with Crippen LogP contribution in [-0.2, 0) is 13.1 Å². The summed E-state index contributed by atoms with van der Waals surface area (Å²) in [6, 6.07) is 6.95. The van der Waals surface area contributed by atoms with Gasteiger partial charge in [0.1, 0.15) is 11.6 Å². The van der Waals surface area contributed by atoms with Crippen molar-refractivity contribution in [3.8, 4) is 6.07 Å². The van der Waals surface area contributed by atoms with Crippen molar-refractivity contribution in [2.24, 2.45) is 0 Å². The van der Waals surface area contributed by atoms with E-state index >= 15 is 0 Å². The summed E-state index contributed by atoms with van der Waals surface area (Å²) in [6.45, 7) is 4.85. The van der Waals surface area contributed by atoms with Gasteiger partial charge in [-0.1, -0.05) is 6.07 Å². The predicted molar refractivity (Wildman–Crippen MR) is 87.5 cm³/mol. The lowest BCUT2D eigenvalue weighted by Gasteiger charge is -2.27. The normalized spacial score (nSPS) is 18.2. The standard InChI is InChI=1S/C18H21FN4O/c1-13-9-21-18(24-13)12-23(16-5-6-22(2)11-16)10-15-4-3-14(8-20)7-17(15)19/h3-4,7,9,16H,5-6,10-12H2,1-2H3/t16-/m0/s1. The largest absolute Gasteiger partial charge is 0.445 e. The molecule has 126 valence electrons. The molecule has 24 heavy (non-hydrogen) atoms. The van der Waals surface area contributed by atoms with Gasteiger partial charge in [0.05, 0.1) is 24.4 Å². The van der Waals surface area contributed by atoms with Crippen LogP contribution in [-0.4, -0.2) is 41.0 Å². The van der Waals surface area contributed by atoms with E-state index in [1.54, 1.807) is 18.3 Å². The van der Waals surface area contributed by atoms with Gasteiger partial charge in [0, 0.05) is 24.7 Å². The Morgan fingerprint density at radius 2 is 2.29 bits per heavy atom. The second kappa shape index (κ2) is 7.12. The van der Waals surface area contributed by atoms with E-state index in [2.05, 4.69) is 21.8 Å². The summed E-state index contributed by atoms with van der Waals surface area (Å²) < 4.78 is 19.9. The lowest BCUT2D eigenvalue weighted by molar-refractivity contribution is 0.161. The van der Waals surface area contributed by atoms with Crippen LogP contribution in [0.2, 0.25) is 0 Å². The van der Waals surface area contributed by atoms with Crippen molar-refractivity contribution >= 4 is 0 Å². The van der Waals surface area contributed by atoms with Crippen LogP contribution in [0.4, 0.5) is 4.39 Å². The molecule has 0 N–H and O–H groups in total. The average molecular weight is 328 g/mol. The molecule has 5 nitrogen and oxygen atoms in total. The van der Waals surface area contributed by atoms with E-state index in [9.17, 15) is 4.39 Å². The molecule has 2 heterocycles. The fourth-order valence-electron chi connectivity index (χ4n) is 3.14. The number of hydrogen-bond donors (Lipinski definition) is 0. The minimum Gasteiger partial charge on any atom is -0.445 e. The zero-order chi connectivity index (χ0) is 17.1. The molecule has 0 spiro atoms. The van der Waals surface area contributed by atoms with Gasteiger partial charge in [-0.05, 0) is 39.1 Å². The van der Waals surface area contributed by atoms with Crippen molar-refractivity contribution in [3.05, 3.63) is 53.0 Å². The second-order valence-electron chi connectivity index (χ2n) is 6.39. The summed E-state index contributed by atoms with van der Waals surface area (Å²) in [5, 5.41) is 8.88. The van der Waals surface area contributed by atoms with E-state index in [0.717, 1.165) is 25.3 Å². The SMILES string of the molecule is Cc1cnc(CN(Cc2ccc(C#N)cc2F)[C@H]2CCN(C)C2)o1. The minimum atomic E-state index is -0.339. The van der Waals surface area contributed by atoms with Crippen molar-refractivity contribution in [1.82, 2.24) is 14.8 Å². The third kappa shape index (κ3) is 3.81. The van der Waals surface area contributed by atoms with Crippen molar-refractivity contribution in [2.45, 2.75) is 32.5 Å². The highest BCUT2D eigenvalue weighted by Crippen LogP contribution is 2.21. The predicted octanol–water partition coefficient (Wildman–Crippen LogP) is 2.70. The van der Waals surface area contributed by atoms with Gasteiger partial charge < -0.3 is 9.32 Å². The number of halogens is 1. The number of hydrogen-bond acceptors (Lipinski definition) is 5. The van der Waals surface area contributed by atoms with Crippen LogP contribution in [0, 0.1) is 24.1 Å². The van der Waals surface area contributed by atoms with Gasteiger partial charge in [0.25, 0.3) is 0 Å². The Morgan fingerprint density at radius 3 is 2.88 bits per heavy atom. The van der Waals surface area contributed by atoms with Gasteiger partial charge in [-0.3, -0.25) is 4.90 Å². The van der Waals surface area contributed by atoms with Gasteiger partial charge in [0.2, 0.25) is 5.89 Å². The number of aromatic nitrogens is 1. The highest BCUT2D eigenvalue weighted by atomic mass is 19.1. The van der Waals surface area contributed by atoms with E-state index in [1.807, 2.05) is 13.0 Å². The second-order valence-corrected chi connectivity index (χ2v) is 6.39. The molecular weight excluding hydrogens is 307 g/mol. The molecule has 0 bridgehead atoms. The third-order valence-electron chi connectivity index (χ3n) is 4.45. The monoisotopic (exact) mass is 328 g/mol. The Balaban J connectivity index is 1.80. The molecule has 0 radical (unpaired) electrons. The molecule has 0 amide bonds. The summed E-state index contributed by atoms with van der Waals surface area (Å²) in [6.07, 6.45) is 2.74. The Hall–Kier alpha value is -2.23. The number of rotatable bonds is 5.